The third-order valence-electron chi connectivity index (χ3n) is 3.78. The number of H-pyrrole nitrogens is 2. The number of nitrogens with one attached hydrogen (secondary N) is 4. The maximum absolute atomic E-state index is 13.0. The van der Waals surface area contributed by atoms with Gasteiger partial charge in [0.05, 0.1) is 22.3 Å². The van der Waals surface area contributed by atoms with Gasteiger partial charge in [0.25, 0.3) is 0 Å². The highest BCUT2D eigenvalue weighted by molar-refractivity contribution is 5.97. The lowest BCUT2D eigenvalue weighted by atomic mass is 10.1. The molecule has 0 fully saturated rings. The van der Waals surface area contributed by atoms with Gasteiger partial charge in [0.1, 0.15) is 6.04 Å². The molecule has 3 rings (SSSR count). The van der Waals surface area contributed by atoms with Gasteiger partial charge in [0.15, 0.2) is 0 Å². The van der Waals surface area contributed by atoms with E-state index in [0.717, 1.165) is 6.07 Å². The van der Waals surface area contributed by atoms with E-state index in [1.165, 1.54) is 25.1 Å². The molecule has 136 valence electrons. The number of aromatic amines is 2. The van der Waals surface area contributed by atoms with E-state index < -0.39 is 23.7 Å². The summed E-state index contributed by atoms with van der Waals surface area (Å²) >= 11 is 0. The molecule has 0 spiro atoms. The van der Waals surface area contributed by atoms with Crippen LogP contribution in [-0.2, 0) is 11.0 Å². The topological polar surface area (TPSA) is 89.8 Å². The minimum Gasteiger partial charge on any atom is -0.374 e. The molecule has 0 saturated carbocycles. The van der Waals surface area contributed by atoms with Gasteiger partial charge in [-0.05, 0) is 37.3 Å². The quantitative estimate of drug-likeness (QED) is 0.573. The molecule has 1 unspecified atom stereocenters. The normalized spacial score (nSPS) is 12.8. The lowest BCUT2D eigenvalue weighted by molar-refractivity contribution is -0.137. The molecule has 1 atom stereocenters. The second-order valence-corrected chi connectivity index (χ2v) is 5.74. The van der Waals surface area contributed by atoms with Crippen molar-refractivity contribution in [2.24, 2.45) is 0 Å². The van der Waals surface area contributed by atoms with Crippen molar-refractivity contribution in [1.82, 2.24) is 9.97 Å². The molecule has 0 saturated heterocycles. The summed E-state index contributed by atoms with van der Waals surface area (Å²) in [6, 6.07) is 8.90. The SMILES string of the molecule is CC(Nc1ccc2[nH]c(=O)[nH]c2c1)C(=O)Nc1ccccc1C(F)(F)F. The van der Waals surface area contributed by atoms with Crippen molar-refractivity contribution < 1.29 is 18.0 Å². The highest BCUT2D eigenvalue weighted by Gasteiger charge is 2.33. The van der Waals surface area contributed by atoms with Gasteiger partial charge in [-0.3, -0.25) is 4.79 Å². The molecule has 0 aliphatic rings. The molecule has 6 nitrogen and oxygen atoms in total. The number of benzene rings is 2. The van der Waals surface area contributed by atoms with Gasteiger partial charge in [0.2, 0.25) is 5.91 Å². The van der Waals surface area contributed by atoms with Crippen LogP contribution in [0.25, 0.3) is 11.0 Å². The third kappa shape index (κ3) is 3.71. The number of imidazole rings is 1. The number of halogens is 3. The summed E-state index contributed by atoms with van der Waals surface area (Å²) in [5.41, 5.74) is 0.133. The number of carbonyl (C=O) groups excluding carboxylic acids is 1. The Kier molecular flexibility index (Phi) is 4.45. The zero-order chi connectivity index (χ0) is 18.9. The van der Waals surface area contributed by atoms with Crippen LogP contribution in [0.5, 0.6) is 0 Å². The zero-order valence-corrected chi connectivity index (χ0v) is 13.6. The smallest absolute Gasteiger partial charge is 0.374 e. The highest BCUT2D eigenvalue weighted by Crippen LogP contribution is 2.34. The van der Waals surface area contributed by atoms with E-state index in [4.69, 9.17) is 0 Å². The fourth-order valence-electron chi connectivity index (χ4n) is 2.52. The summed E-state index contributed by atoms with van der Waals surface area (Å²) in [6.45, 7) is 1.52. The number of para-hydroxylation sites is 1. The summed E-state index contributed by atoms with van der Waals surface area (Å²) < 4.78 is 39.0. The van der Waals surface area contributed by atoms with Crippen LogP contribution >= 0.6 is 0 Å². The Balaban J connectivity index is 1.74. The van der Waals surface area contributed by atoms with E-state index >= 15 is 0 Å². The highest BCUT2D eigenvalue weighted by atomic mass is 19.4. The van der Waals surface area contributed by atoms with E-state index in [-0.39, 0.29) is 11.4 Å². The molecule has 0 radical (unpaired) electrons. The Morgan fingerprint density at radius 1 is 1.08 bits per heavy atom. The van der Waals surface area contributed by atoms with E-state index in [9.17, 15) is 22.8 Å². The van der Waals surface area contributed by atoms with Gasteiger partial charge in [0, 0.05) is 5.69 Å². The summed E-state index contributed by atoms with van der Waals surface area (Å²) in [6.07, 6.45) is -4.56. The van der Waals surface area contributed by atoms with Crippen LogP contribution < -0.4 is 16.3 Å². The number of hydrogen-bond acceptors (Lipinski definition) is 3. The number of fused-ring (bicyclic) bond motifs is 1. The van der Waals surface area contributed by atoms with Gasteiger partial charge < -0.3 is 20.6 Å². The van der Waals surface area contributed by atoms with E-state index in [0.29, 0.717) is 16.7 Å². The van der Waals surface area contributed by atoms with Crippen LogP contribution in [0.1, 0.15) is 12.5 Å². The minimum atomic E-state index is -4.56. The molecule has 0 bridgehead atoms. The average Bonchev–Trinajstić information content (AvgIpc) is 2.93. The fraction of sp³-hybridized carbons (Fsp3) is 0.176. The molecule has 1 heterocycles. The number of aromatic nitrogens is 2. The fourth-order valence-corrected chi connectivity index (χ4v) is 2.52. The van der Waals surface area contributed by atoms with Crippen LogP contribution in [-0.4, -0.2) is 21.9 Å². The van der Waals surface area contributed by atoms with Crippen molar-refractivity contribution in [3.63, 3.8) is 0 Å². The summed E-state index contributed by atoms with van der Waals surface area (Å²) in [4.78, 5) is 28.7. The molecule has 2 aromatic carbocycles. The first kappa shape index (κ1) is 17.6. The number of anilines is 2. The second kappa shape index (κ2) is 6.58. The molecule has 1 amide bonds. The number of hydrogen-bond donors (Lipinski definition) is 4. The van der Waals surface area contributed by atoms with Crippen molar-refractivity contribution >= 4 is 28.3 Å². The lowest BCUT2D eigenvalue weighted by Gasteiger charge is -2.18. The molecule has 3 aromatic rings. The van der Waals surface area contributed by atoms with Crippen molar-refractivity contribution in [2.75, 3.05) is 10.6 Å². The standard InChI is InChI=1S/C17H15F3N4O2/c1-9(21-10-6-7-13-14(8-10)24-16(26)23-13)15(25)22-12-5-3-2-4-11(12)17(18,19)20/h2-9,21H,1H3,(H,22,25)(H2,23,24,26). The zero-order valence-electron chi connectivity index (χ0n) is 13.6. The Morgan fingerprint density at radius 2 is 1.77 bits per heavy atom. The first-order valence-electron chi connectivity index (χ1n) is 7.70. The summed E-state index contributed by atoms with van der Waals surface area (Å²) in [5, 5.41) is 5.19. The number of rotatable bonds is 4. The van der Waals surface area contributed by atoms with Crippen molar-refractivity contribution in [2.45, 2.75) is 19.1 Å². The Morgan fingerprint density at radius 3 is 2.50 bits per heavy atom. The van der Waals surface area contributed by atoms with Crippen LogP contribution in [0.2, 0.25) is 0 Å². The first-order valence-corrected chi connectivity index (χ1v) is 7.70. The van der Waals surface area contributed by atoms with Gasteiger partial charge >= 0.3 is 11.9 Å². The largest absolute Gasteiger partial charge is 0.418 e. The van der Waals surface area contributed by atoms with E-state index in [1.807, 2.05) is 0 Å². The number of amides is 1. The summed E-state index contributed by atoms with van der Waals surface area (Å²) in [7, 11) is 0. The third-order valence-corrected chi connectivity index (χ3v) is 3.78. The Bertz CT molecular complexity index is 1010. The van der Waals surface area contributed by atoms with Crippen LogP contribution in [0, 0.1) is 0 Å². The maximum atomic E-state index is 13.0. The molecule has 0 aliphatic carbocycles. The van der Waals surface area contributed by atoms with Crippen LogP contribution in [0.15, 0.2) is 47.3 Å². The minimum absolute atomic E-state index is 0.302. The molecule has 26 heavy (non-hydrogen) atoms. The molecule has 0 aliphatic heterocycles. The second-order valence-electron chi connectivity index (χ2n) is 5.74. The molecular formula is C17H15F3N4O2. The maximum Gasteiger partial charge on any atom is 0.418 e. The van der Waals surface area contributed by atoms with Crippen LogP contribution in [0.3, 0.4) is 0 Å². The number of carbonyl (C=O) groups is 1. The Labute approximate surface area is 145 Å². The van der Waals surface area contributed by atoms with Crippen molar-refractivity contribution in [3.8, 4) is 0 Å². The predicted molar refractivity (Wildman–Crippen MR) is 92.1 cm³/mol. The van der Waals surface area contributed by atoms with Gasteiger partial charge in [-0.15, -0.1) is 0 Å². The van der Waals surface area contributed by atoms with Crippen molar-refractivity contribution in [1.29, 1.82) is 0 Å². The average molecular weight is 364 g/mol. The lowest BCUT2D eigenvalue weighted by Crippen LogP contribution is -2.32. The monoisotopic (exact) mass is 364 g/mol. The van der Waals surface area contributed by atoms with Gasteiger partial charge in [-0.1, -0.05) is 12.1 Å². The molecule has 4 N–H and O–H groups in total. The van der Waals surface area contributed by atoms with E-state index in [2.05, 4.69) is 20.6 Å². The van der Waals surface area contributed by atoms with Gasteiger partial charge in [-0.25, -0.2) is 4.79 Å². The molecule has 1 aromatic heterocycles. The van der Waals surface area contributed by atoms with E-state index in [1.54, 1.807) is 18.2 Å². The van der Waals surface area contributed by atoms with Gasteiger partial charge in [-0.2, -0.15) is 13.2 Å². The van der Waals surface area contributed by atoms with Crippen molar-refractivity contribution in [3.05, 3.63) is 58.5 Å². The van der Waals surface area contributed by atoms with Crippen LogP contribution in [0.4, 0.5) is 24.5 Å². The predicted octanol–water partition coefficient (Wildman–Crippen LogP) is 3.31. The Hall–Kier alpha value is -3.23. The summed E-state index contributed by atoms with van der Waals surface area (Å²) in [5.74, 6) is -0.621. The molecule has 9 heteroatoms. The first-order chi connectivity index (χ1) is 12.2. The molecular weight excluding hydrogens is 349 g/mol. The number of alkyl halides is 3.